The van der Waals surface area contributed by atoms with Gasteiger partial charge in [-0.1, -0.05) is 42.5 Å². The fourth-order valence-corrected chi connectivity index (χ4v) is 3.60. The van der Waals surface area contributed by atoms with Crippen molar-refractivity contribution >= 4 is 27.9 Å². The average molecular weight is 375 g/mol. The number of nitrogens with one attached hydrogen (secondary N) is 1. The molecule has 1 N–H and O–H groups in total. The average Bonchev–Trinajstić information content (AvgIpc) is 3.13. The molecule has 0 aliphatic rings. The summed E-state index contributed by atoms with van der Waals surface area (Å²) in [6.45, 7) is 3.40. The summed E-state index contributed by atoms with van der Waals surface area (Å²) in [4.78, 5) is 14.6. The molecule has 0 spiro atoms. The monoisotopic (exact) mass is 375 g/mol. The number of hydrogen-bond donors (Lipinski definition) is 1. The van der Waals surface area contributed by atoms with Crippen molar-refractivity contribution in [2.24, 2.45) is 0 Å². The van der Waals surface area contributed by atoms with E-state index in [9.17, 15) is 4.79 Å². The zero-order valence-corrected chi connectivity index (χ0v) is 16.0. The number of benzene rings is 2. The van der Waals surface area contributed by atoms with Gasteiger partial charge < -0.3 is 10.2 Å². The highest BCUT2D eigenvalue weighted by Crippen LogP contribution is 2.23. The first-order chi connectivity index (χ1) is 13.2. The van der Waals surface area contributed by atoms with Crippen LogP contribution in [0, 0.1) is 18.3 Å². The van der Waals surface area contributed by atoms with Gasteiger partial charge in [-0.2, -0.15) is 5.26 Å². The lowest BCUT2D eigenvalue weighted by Gasteiger charge is -2.25. The molecule has 0 unspecified atom stereocenters. The van der Waals surface area contributed by atoms with E-state index < -0.39 is 0 Å². The van der Waals surface area contributed by atoms with Crippen molar-refractivity contribution in [3.63, 3.8) is 0 Å². The SMILES string of the molecule is Cc1cccc(N(CCC(=O)Nc2sccc2C#N)Cc2ccccc2)c1. The largest absolute Gasteiger partial charge is 0.367 e. The second-order valence-corrected chi connectivity index (χ2v) is 7.24. The molecule has 0 saturated carbocycles. The number of nitriles is 1. The van der Waals surface area contributed by atoms with Crippen molar-refractivity contribution in [2.75, 3.05) is 16.8 Å². The highest BCUT2D eigenvalue weighted by atomic mass is 32.1. The first-order valence-electron chi connectivity index (χ1n) is 8.78. The van der Waals surface area contributed by atoms with Crippen LogP contribution in [0.3, 0.4) is 0 Å². The lowest BCUT2D eigenvalue weighted by molar-refractivity contribution is -0.116. The molecule has 5 heteroatoms. The lowest BCUT2D eigenvalue weighted by Crippen LogP contribution is -2.27. The Morgan fingerprint density at radius 1 is 1.15 bits per heavy atom. The maximum atomic E-state index is 12.4. The van der Waals surface area contributed by atoms with E-state index in [0.717, 1.165) is 12.2 Å². The zero-order chi connectivity index (χ0) is 19.1. The normalized spacial score (nSPS) is 10.2. The fraction of sp³-hybridized carbons (Fsp3) is 0.182. The Balaban J connectivity index is 1.69. The molecule has 1 heterocycles. The molecule has 0 aliphatic heterocycles. The molecule has 0 aliphatic carbocycles. The molecule has 0 saturated heterocycles. The molecule has 0 fully saturated rings. The minimum absolute atomic E-state index is 0.0836. The Kier molecular flexibility index (Phi) is 6.24. The number of carbonyl (C=O) groups excluding carboxylic acids is 1. The topological polar surface area (TPSA) is 56.1 Å². The first kappa shape index (κ1) is 18.7. The first-order valence-corrected chi connectivity index (χ1v) is 9.66. The van der Waals surface area contributed by atoms with Crippen LogP contribution in [-0.4, -0.2) is 12.5 Å². The van der Waals surface area contributed by atoms with E-state index in [0.29, 0.717) is 23.5 Å². The number of anilines is 2. The van der Waals surface area contributed by atoms with Gasteiger partial charge in [0, 0.05) is 25.2 Å². The summed E-state index contributed by atoms with van der Waals surface area (Å²) in [6, 6.07) is 22.4. The van der Waals surface area contributed by atoms with Gasteiger partial charge in [0.25, 0.3) is 0 Å². The highest BCUT2D eigenvalue weighted by molar-refractivity contribution is 7.14. The van der Waals surface area contributed by atoms with Gasteiger partial charge in [-0.15, -0.1) is 11.3 Å². The minimum atomic E-state index is -0.0836. The zero-order valence-electron chi connectivity index (χ0n) is 15.2. The van der Waals surface area contributed by atoms with Crippen LogP contribution in [0.25, 0.3) is 0 Å². The number of nitrogens with zero attached hydrogens (tertiary/aromatic N) is 2. The summed E-state index contributed by atoms with van der Waals surface area (Å²) < 4.78 is 0. The maximum Gasteiger partial charge on any atom is 0.226 e. The summed E-state index contributed by atoms with van der Waals surface area (Å²) in [6.07, 6.45) is 0.351. The summed E-state index contributed by atoms with van der Waals surface area (Å²) >= 11 is 1.37. The van der Waals surface area contributed by atoms with Crippen molar-refractivity contribution in [1.29, 1.82) is 5.26 Å². The van der Waals surface area contributed by atoms with Crippen LogP contribution in [-0.2, 0) is 11.3 Å². The predicted molar refractivity (Wildman–Crippen MR) is 111 cm³/mol. The van der Waals surface area contributed by atoms with E-state index in [1.54, 1.807) is 6.07 Å². The van der Waals surface area contributed by atoms with Crippen molar-refractivity contribution in [1.82, 2.24) is 0 Å². The molecule has 2 aromatic carbocycles. The van der Waals surface area contributed by atoms with Crippen LogP contribution in [0.1, 0.15) is 23.1 Å². The summed E-state index contributed by atoms with van der Waals surface area (Å²) in [5.74, 6) is -0.0836. The third kappa shape index (κ3) is 5.19. The molecular formula is C22H21N3OS. The van der Waals surface area contributed by atoms with Gasteiger partial charge in [0.2, 0.25) is 5.91 Å². The van der Waals surface area contributed by atoms with E-state index in [2.05, 4.69) is 53.5 Å². The van der Waals surface area contributed by atoms with Gasteiger partial charge in [-0.05, 0) is 41.6 Å². The van der Waals surface area contributed by atoms with Gasteiger partial charge >= 0.3 is 0 Å². The van der Waals surface area contributed by atoms with Crippen molar-refractivity contribution in [3.8, 4) is 6.07 Å². The van der Waals surface area contributed by atoms with Gasteiger partial charge in [-0.25, -0.2) is 0 Å². The number of rotatable bonds is 7. The molecule has 3 rings (SSSR count). The summed E-state index contributed by atoms with van der Waals surface area (Å²) in [5.41, 5.74) is 3.99. The molecule has 1 aromatic heterocycles. The van der Waals surface area contributed by atoms with E-state index in [1.807, 2.05) is 29.6 Å². The number of hydrogen-bond acceptors (Lipinski definition) is 4. The Morgan fingerprint density at radius 2 is 1.96 bits per heavy atom. The molecule has 4 nitrogen and oxygen atoms in total. The van der Waals surface area contributed by atoms with E-state index >= 15 is 0 Å². The van der Waals surface area contributed by atoms with Crippen LogP contribution in [0.5, 0.6) is 0 Å². The van der Waals surface area contributed by atoms with Crippen LogP contribution in [0.15, 0.2) is 66.0 Å². The molecule has 1 amide bonds. The smallest absolute Gasteiger partial charge is 0.226 e. The van der Waals surface area contributed by atoms with E-state index in [-0.39, 0.29) is 5.91 Å². The number of amides is 1. The van der Waals surface area contributed by atoms with E-state index in [1.165, 1.54) is 22.5 Å². The second-order valence-electron chi connectivity index (χ2n) is 6.32. The van der Waals surface area contributed by atoms with Crippen molar-refractivity contribution in [3.05, 3.63) is 82.7 Å². The molecule has 27 heavy (non-hydrogen) atoms. The number of aryl methyl sites for hydroxylation is 1. The van der Waals surface area contributed by atoms with Crippen molar-refractivity contribution < 1.29 is 4.79 Å². The van der Waals surface area contributed by atoms with Gasteiger partial charge in [0.1, 0.15) is 11.1 Å². The second kappa shape index (κ2) is 9.02. The molecule has 0 bridgehead atoms. The molecule has 0 radical (unpaired) electrons. The van der Waals surface area contributed by atoms with Crippen molar-refractivity contribution in [2.45, 2.75) is 19.9 Å². The third-order valence-electron chi connectivity index (χ3n) is 4.23. The van der Waals surface area contributed by atoms with Crippen LogP contribution < -0.4 is 10.2 Å². The number of thiophene rings is 1. The molecular weight excluding hydrogens is 354 g/mol. The van der Waals surface area contributed by atoms with Crippen LogP contribution in [0.4, 0.5) is 10.7 Å². The quantitative estimate of drug-likeness (QED) is 0.635. The third-order valence-corrected chi connectivity index (χ3v) is 5.06. The Morgan fingerprint density at radius 3 is 2.70 bits per heavy atom. The Bertz CT molecular complexity index is 943. The fourth-order valence-electron chi connectivity index (χ4n) is 2.85. The predicted octanol–water partition coefficient (Wildman–Crippen LogP) is 4.96. The molecule has 0 atom stereocenters. The van der Waals surface area contributed by atoms with Crippen LogP contribution in [0.2, 0.25) is 0 Å². The minimum Gasteiger partial charge on any atom is -0.367 e. The maximum absolute atomic E-state index is 12.4. The highest BCUT2D eigenvalue weighted by Gasteiger charge is 2.12. The molecule has 3 aromatic rings. The standard InChI is InChI=1S/C22H21N3OS/c1-17-6-5-9-20(14-17)25(16-18-7-3-2-4-8-18)12-10-21(26)24-22-19(15-23)11-13-27-22/h2-9,11,13-14H,10,12,16H2,1H3,(H,24,26). The van der Waals surface area contributed by atoms with Gasteiger partial charge in [0.15, 0.2) is 0 Å². The van der Waals surface area contributed by atoms with E-state index in [4.69, 9.17) is 5.26 Å². The molecule has 136 valence electrons. The summed E-state index contributed by atoms with van der Waals surface area (Å²) in [7, 11) is 0. The lowest BCUT2D eigenvalue weighted by atomic mass is 10.1. The summed E-state index contributed by atoms with van der Waals surface area (Å²) in [5, 5.41) is 14.4. The number of carbonyl (C=O) groups is 1. The Hall–Kier alpha value is -3.10. The van der Waals surface area contributed by atoms with Crippen LogP contribution >= 0.6 is 11.3 Å². The van der Waals surface area contributed by atoms with Gasteiger partial charge in [-0.3, -0.25) is 4.79 Å². The Labute approximate surface area is 163 Å². The van der Waals surface area contributed by atoms with Gasteiger partial charge in [0.05, 0.1) is 5.56 Å².